The normalized spacial score (nSPS) is 17.2. The van der Waals surface area contributed by atoms with Gasteiger partial charge in [-0.15, -0.1) is 0 Å². The van der Waals surface area contributed by atoms with E-state index in [1.165, 1.54) is 5.92 Å². The summed E-state index contributed by atoms with van der Waals surface area (Å²) in [7, 11) is 0. The fourth-order valence-electron chi connectivity index (χ4n) is 0.986. The molecule has 0 aromatic heterocycles. The summed E-state index contributed by atoms with van der Waals surface area (Å²) in [4.78, 5) is 0. The molecule has 0 unspecified atom stereocenters. The van der Waals surface area contributed by atoms with Crippen molar-refractivity contribution in [3.63, 3.8) is 0 Å². The van der Waals surface area contributed by atoms with Crippen LogP contribution in [0, 0.1) is 11.8 Å². The minimum absolute atomic E-state index is 0.126. The Balaban J connectivity index is 3.36. The van der Waals surface area contributed by atoms with Crippen molar-refractivity contribution in [3.8, 4) is 11.8 Å². The maximum absolute atomic E-state index is 12.2. The SMILES string of the molecule is FC(F)(F)C1=C(C(F)(F)F)C=CCC#C1. The molecule has 0 aliphatic heterocycles. The number of allylic oxidation sites excluding steroid dienone is 4. The van der Waals surface area contributed by atoms with Crippen molar-refractivity contribution >= 4 is 0 Å². The van der Waals surface area contributed by atoms with Crippen LogP contribution in [0.4, 0.5) is 26.3 Å². The van der Waals surface area contributed by atoms with Gasteiger partial charge in [0.05, 0.1) is 5.57 Å². The molecule has 0 N–H and O–H groups in total. The highest BCUT2D eigenvalue weighted by Crippen LogP contribution is 2.37. The second-order valence-electron chi connectivity index (χ2n) is 2.69. The number of rotatable bonds is 0. The molecule has 0 saturated carbocycles. The van der Waals surface area contributed by atoms with Gasteiger partial charge < -0.3 is 0 Å². The molecular formula is C9H4F6. The number of halogens is 6. The molecule has 0 saturated heterocycles. The summed E-state index contributed by atoms with van der Waals surface area (Å²) in [6, 6.07) is 0. The zero-order chi connectivity index (χ0) is 11.7. The highest BCUT2D eigenvalue weighted by Gasteiger charge is 2.44. The van der Waals surface area contributed by atoms with Gasteiger partial charge in [-0.1, -0.05) is 24.0 Å². The van der Waals surface area contributed by atoms with Crippen LogP contribution in [0.15, 0.2) is 23.3 Å². The summed E-state index contributed by atoms with van der Waals surface area (Å²) < 4.78 is 73.3. The van der Waals surface area contributed by atoms with Crippen LogP contribution in [-0.4, -0.2) is 12.4 Å². The average Bonchev–Trinajstić information content (AvgIpc) is 2.24. The van der Waals surface area contributed by atoms with Gasteiger partial charge in [0.2, 0.25) is 0 Å². The minimum Gasteiger partial charge on any atom is -0.166 e. The molecule has 0 heterocycles. The second kappa shape index (κ2) is 3.65. The van der Waals surface area contributed by atoms with E-state index in [2.05, 4.69) is 0 Å². The van der Waals surface area contributed by atoms with Crippen molar-refractivity contribution < 1.29 is 26.3 Å². The van der Waals surface area contributed by atoms with Crippen molar-refractivity contribution in [2.75, 3.05) is 0 Å². The first-order valence-electron chi connectivity index (χ1n) is 3.77. The van der Waals surface area contributed by atoms with E-state index < -0.39 is 23.5 Å². The second-order valence-corrected chi connectivity index (χ2v) is 2.69. The average molecular weight is 226 g/mol. The van der Waals surface area contributed by atoms with E-state index in [4.69, 9.17) is 0 Å². The van der Waals surface area contributed by atoms with Gasteiger partial charge in [0, 0.05) is 6.42 Å². The molecule has 0 aromatic carbocycles. The maximum Gasteiger partial charge on any atom is 0.424 e. The fourth-order valence-corrected chi connectivity index (χ4v) is 0.986. The van der Waals surface area contributed by atoms with Gasteiger partial charge in [0.1, 0.15) is 5.57 Å². The lowest BCUT2D eigenvalue weighted by atomic mass is 10.1. The van der Waals surface area contributed by atoms with E-state index in [-0.39, 0.29) is 6.42 Å². The first kappa shape index (κ1) is 11.7. The number of hydrogen-bond donors (Lipinski definition) is 0. The van der Waals surface area contributed by atoms with Gasteiger partial charge in [0.25, 0.3) is 0 Å². The predicted molar refractivity (Wildman–Crippen MR) is 40.7 cm³/mol. The van der Waals surface area contributed by atoms with Gasteiger partial charge >= 0.3 is 12.4 Å². The molecule has 0 atom stereocenters. The van der Waals surface area contributed by atoms with Crippen LogP contribution in [0.2, 0.25) is 0 Å². The van der Waals surface area contributed by atoms with Crippen molar-refractivity contribution in [1.29, 1.82) is 0 Å². The quantitative estimate of drug-likeness (QED) is 0.438. The van der Waals surface area contributed by atoms with E-state index in [9.17, 15) is 26.3 Å². The van der Waals surface area contributed by atoms with E-state index in [1.54, 1.807) is 0 Å². The van der Waals surface area contributed by atoms with Crippen molar-refractivity contribution in [2.45, 2.75) is 18.8 Å². The summed E-state index contributed by atoms with van der Waals surface area (Å²) in [6.07, 6.45) is -8.89. The van der Waals surface area contributed by atoms with E-state index in [0.29, 0.717) is 6.08 Å². The zero-order valence-corrected chi connectivity index (χ0v) is 7.13. The molecule has 0 bridgehead atoms. The standard InChI is InChI=1S/C9H4F6/c10-8(11,12)6-4-2-1-3-5-7(6)9(13,14)15/h2,4H,1H2. The van der Waals surface area contributed by atoms with Gasteiger partial charge in [-0.3, -0.25) is 0 Å². The lowest BCUT2D eigenvalue weighted by Crippen LogP contribution is -2.20. The van der Waals surface area contributed by atoms with Crippen molar-refractivity contribution in [1.82, 2.24) is 0 Å². The topological polar surface area (TPSA) is 0 Å². The third-order valence-electron chi connectivity index (χ3n) is 1.58. The monoisotopic (exact) mass is 226 g/mol. The summed E-state index contributed by atoms with van der Waals surface area (Å²) in [5.41, 5.74) is -3.57. The lowest BCUT2D eigenvalue weighted by molar-refractivity contribution is -0.109. The Morgan fingerprint density at radius 2 is 1.60 bits per heavy atom. The number of hydrogen-bond acceptors (Lipinski definition) is 0. The molecule has 0 nitrogen and oxygen atoms in total. The smallest absolute Gasteiger partial charge is 0.166 e. The first-order chi connectivity index (χ1) is 6.73. The van der Waals surface area contributed by atoms with Crippen LogP contribution in [-0.2, 0) is 0 Å². The van der Waals surface area contributed by atoms with Crippen LogP contribution >= 0.6 is 0 Å². The molecule has 1 aliphatic rings. The number of alkyl halides is 6. The highest BCUT2D eigenvalue weighted by atomic mass is 19.4. The van der Waals surface area contributed by atoms with Crippen LogP contribution in [0.5, 0.6) is 0 Å². The van der Waals surface area contributed by atoms with Gasteiger partial charge in [0.15, 0.2) is 0 Å². The largest absolute Gasteiger partial charge is 0.424 e. The third-order valence-corrected chi connectivity index (χ3v) is 1.58. The first-order valence-corrected chi connectivity index (χ1v) is 3.77. The Kier molecular flexibility index (Phi) is 2.84. The molecule has 82 valence electrons. The molecule has 0 aromatic rings. The Bertz CT molecular complexity index is 368. The lowest BCUT2D eigenvalue weighted by Gasteiger charge is -2.13. The molecule has 0 spiro atoms. The van der Waals surface area contributed by atoms with E-state index >= 15 is 0 Å². The van der Waals surface area contributed by atoms with Gasteiger partial charge in [-0.2, -0.15) is 26.3 Å². The Morgan fingerprint density at radius 1 is 1.00 bits per heavy atom. The molecule has 1 aliphatic carbocycles. The van der Waals surface area contributed by atoms with Gasteiger partial charge in [-0.05, 0) is 0 Å². The maximum atomic E-state index is 12.2. The fraction of sp³-hybridized carbons (Fsp3) is 0.333. The van der Waals surface area contributed by atoms with Crippen molar-refractivity contribution in [2.24, 2.45) is 0 Å². The molecule has 0 amide bonds. The van der Waals surface area contributed by atoms with E-state index in [0.717, 1.165) is 6.08 Å². The molecule has 6 heteroatoms. The molecule has 1 rings (SSSR count). The summed E-state index contributed by atoms with van der Waals surface area (Å²) in [5.74, 6) is 3.49. The molecular weight excluding hydrogens is 222 g/mol. The molecule has 0 radical (unpaired) electrons. The Hall–Kier alpha value is -1.38. The predicted octanol–water partition coefficient (Wildman–Crippen LogP) is 3.37. The molecule has 0 fully saturated rings. The third kappa shape index (κ3) is 2.78. The van der Waals surface area contributed by atoms with Crippen LogP contribution in [0.25, 0.3) is 0 Å². The zero-order valence-electron chi connectivity index (χ0n) is 7.13. The Labute approximate surface area is 81.3 Å². The molecule has 15 heavy (non-hydrogen) atoms. The Morgan fingerprint density at radius 3 is 2.07 bits per heavy atom. The van der Waals surface area contributed by atoms with Gasteiger partial charge in [-0.25, -0.2) is 0 Å². The summed E-state index contributed by atoms with van der Waals surface area (Å²) in [5, 5.41) is 0. The highest BCUT2D eigenvalue weighted by molar-refractivity contribution is 5.46. The van der Waals surface area contributed by atoms with Crippen LogP contribution in [0.3, 0.4) is 0 Å². The summed E-state index contributed by atoms with van der Waals surface area (Å²) >= 11 is 0. The summed E-state index contributed by atoms with van der Waals surface area (Å²) in [6.45, 7) is 0. The minimum atomic E-state index is -5.08. The van der Waals surface area contributed by atoms with Crippen molar-refractivity contribution in [3.05, 3.63) is 23.3 Å². The van der Waals surface area contributed by atoms with Crippen LogP contribution < -0.4 is 0 Å². The van der Waals surface area contributed by atoms with E-state index in [1.807, 2.05) is 5.92 Å². The van der Waals surface area contributed by atoms with Crippen LogP contribution in [0.1, 0.15) is 6.42 Å².